The summed E-state index contributed by atoms with van der Waals surface area (Å²) in [6, 6.07) is 68.7. The lowest BCUT2D eigenvalue weighted by Crippen LogP contribution is -2.16. The molecule has 0 amide bonds. The van der Waals surface area contributed by atoms with Gasteiger partial charge in [0.15, 0.2) is 0 Å². The van der Waals surface area contributed by atoms with Gasteiger partial charge in [0.1, 0.15) is 0 Å². The van der Waals surface area contributed by atoms with Crippen molar-refractivity contribution in [3.05, 3.63) is 212 Å². The van der Waals surface area contributed by atoms with Crippen LogP contribution < -0.4 is 4.90 Å². The highest BCUT2D eigenvalue weighted by Crippen LogP contribution is 2.51. The highest BCUT2D eigenvalue weighted by Gasteiger charge is 2.36. The van der Waals surface area contributed by atoms with E-state index in [2.05, 4.69) is 210 Å². The minimum Gasteiger partial charge on any atom is -0.310 e. The van der Waals surface area contributed by atoms with Crippen molar-refractivity contribution in [3.8, 4) is 39.1 Å². The summed E-state index contributed by atoms with van der Waals surface area (Å²) in [7, 11) is 0. The van der Waals surface area contributed by atoms with Gasteiger partial charge in [-0.05, 0) is 111 Å². The normalized spacial score (nSPS) is 12.9. The Morgan fingerprint density at radius 1 is 0.439 bits per heavy atom. The Hall–Kier alpha value is -7.23. The summed E-state index contributed by atoms with van der Waals surface area (Å²) in [5, 5.41) is 4.89. The molecule has 0 spiro atoms. The highest BCUT2D eigenvalue weighted by molar-refractivity contribution is 6.11. The molecule has 0 radical (unpaired) electrons. The van der Waals surface area contributed by atoms with Crippen LogP contribution in [0.15, 0.2) is 200 Å². The molecule has 3 heteroatoms. The van der Waals surface area contributed by atoms with Gasteiger partial charge in [0, 0.05) is 56.6 Å². The maximum absolute atomic E-state index is 4.45. The summed E-state index contributed by atoms with van der Waals surface area (Å²) >= 11 is 0. The first-order chi connectivity index (χ1) is 28.0. The molecule has 1 aliphatic carbocycles. The molecular formula is C54H39N3. The van der Waals surface area contributed by atoms with E-state index in [1.807, 2.05) is 18.5 Å². The molecule has 0 saturated heterocycles. The second kappa shape index (κ2) is 12.9. The smallest absolute Gasteiger partial charge is 0.0541 e. The Balaban J connectivity index is 1.06. The standard InChI is InChI=1S/C54H39N3/c1-54(2)49-20-10-8-17-44(49)45-28-27-41(34-50(45)54)56(52-31-29-42(38-13-12-32-55-35-38)43-16-6-7-18-46(43)52)40-25-22-36(23-26-40)37-24-30-53-48(33-37)47-19-9-11-21-51(47)57(53)39-14-4-3-5-15-39/h3-35H,1-2H3. The van der Waals surface area contributed by atoms with Gasteiger partial charge in [-0.3, -0.25) is 4.98 Å². The van der Waals surface area contributed by atoms with E-state index in [1.165, 1.54) is 77.2 Å². The van der Waals surface area contributed by atoms with Crippen LogP contribution in [0.5, 0.6) is 0 Å². The second-order valence-electron chi connectivity index (χ2n) is 15.6. The summed E-state index contributed by atoms with van der Waals surface area (Å²) < 4.78 is 2.37. The molecule has 0 N–H and O–H groups in total. The van der Waals surface area contributed by atoms with Crippen molar-refractivity contribution in [3.63, 3.8) is 0 Å². The van der Waals surface area contributed by atoms with Gasteiger partial charge < -0.3 is 9.47 Å². The highest BCUT2D eigenvalue weighted by atomic mass is 15.1. The van der Waals surface area contributed by atoms with Crippen LogP contribution in [-0.4, -0.2) is 9.55 Å². The molecule has 11 rings (SSSR count). The minimum atomic E-state index is -0.119. The Morgan fingerprint density at radius 3 is 1.93 bits per heavy atom. The Morgan fingerprint density at radius 2 is 1.11 bits per heavy atom. The first kappa shape index (κ1) is 33.1. The fraction of sp³-hybridized carbons (Fsp3) is 0.0556. The summed E-state index contributed by atoms with van der Waals surface area (Å²) in [5.74, 6) is 0. The number of aromatic nitrogens is 2. The molecule has 2 heterocycles. The van der Waals surface area contributed by atoms with Gasteiger partial charge >= 0.3 is 0 Å². The van der Waals surface area contributed by atoms with E-state index in [0.717, 1.165) is 22.6 Å². The van der Waals surface area contributed by atoms with Crippen molar-refractivity contribution in [2.75, 3.05) is 4.90 Å². The van der Waals surface area contributed by atoms with E-state index in [0.29, 0.717) is 0 Å². The minimum absolute atomic E-state index is 0.119. The number of fused-ring (bicyclic) bond motifs is 7. The number of rotatable bonds is 6. The van der Waals surface area contributed by atoms with E-state index >= 15 is 0 Å². The quantitative estimate of drug-likeness (QED) is 0.170. The van der Waals surface area contributed by atoms with E-state index in [4.69, 9.17) is 0 Å². The lowest BCUT2D eigenvalue weighted by atomic mass is 9.82. The molecule has 10 aromatic rings. The molecule has 2 aromatic heterocycles. The molecule has 0 atom stereocenters. The number of hydrogen-bond donors (Lipinski definition) is 0. The molecule has 8 aromatic carbocycles. The number of pyridine rings is 1. The van der Waals surface area contributed by atoms with Crippen molar-refractivity contribution in [1.82, 2.24) is 9.55 Å². The van der Waals surface area contributed by atoms with Crippen molar-refractivity contribution >= 4 is 49.6 Å². The zero-order chi connectivity index (χ0) is 38.1. The van der Waals surface area contributed by atoms with E-state index in [-0.39, 0.29) is 5.41 Å². The van der Waals surface area contributed by atoms with Crippen molar-refractivity contribution in [2.24, 2.45) is 0 Å². The third-order valence-electron chi connectivity index (χ3n) is 12.1. The van der Waals surface area contributed by atoms with Gasteiger partial charge in [-0.25, -0.2) is 0 Å². The van der Waals surface area contributed by atoms with E-state index in [1.54, 1.807) is 0 Å². The van der Waals surface area contributed by atoms with Crippen molar-refractivity contribution < 1.29 is 0 Å². The van der Waals surface area contributed by atoms with Crippen LogP contribution in [0.25, 0.3) is 71.6 Å². The summed E-state index contributed by atoms with van der Waals surface area (Å²) in [6.45, 7) is 4.71. The average Bonchev–Trinajstić information content (AvgIpc) is 3.72. The SMILES string of the molecule is CC1(C)c2ccccc2-c2ccc(N(c3ccc(-c4ccc5c(c4)c4ccccc4n5-c4ccccc4)cc3)c3ccc(-c4cccnc4)c4ccccc34)cc21. The van der Waals surface area contributed by atoms with Crippen LogP contribution in [0.4, 0.5) is 17.1 Å². The van der Waals surface area contributed by atoms with Crippen molar-refractivity contribution in [2.45, 2.75) is 19.3 Å². The molecule has 0 saturated carbocycles. The summed E-state index contributed by atoms with van der Waals surface area (Å²) in [6.07, 6.45) is 3.79. The zero-order valence-electron chi connectivity index (χ0n) is 31.9. The van der Waals surface area contributed by atoms with Gasteiger partial charge in [0.25, 0.3) is 0 Å². The van der Waals surface area contributed by atoms with Gasteiger partial charge in [-0.1, -0.05) is 135 Å². The van der Waals surface area contributed by atoms with Crippen molar-refractivity contribution in [1.29, 1.82) is 0 Å². The maximum Gasteiger partial charge on any atom is 0.0541 e. The van der Waals surface area contributed by atoms with Crippen LogP contribution >= 0.6 is 0 Å². The van der Waals surface area contributed by atoms with E-state index < -0.39 is 0 Å². The lowest BCUT2D eigenvalue weighted by Gasteiger charge is -2.29. The third-order valence-corrected chi connectivity index (χ3v) is 12.1. The van der Waals surface area contributed by atoms with Gasteiger partial charge in [-0.15, -0.1) is 0 Å². The summed E-state index contributed by atoms with van der Waals surface area (Å²) in [5.41, 5.74) is 16.9. The number of anilines is 3. The first-order valence-electron chi connectivity index (χ1n) is 19.7. The number of hydrogen-bond acceptors (Lipinski definition) is 2. The number of para-hydroxylation sites is 2. The summed E-state index contributed by atoms with van der Waals surface area (Å²) in [4.78, 5) is 6.89. The van der Waals surface area contributed by atoms with Gasteiger partial charge in [0.2, 0.25) is 0 Å². The molecule has 270 valence electrons. The second-order valence-corrected chi connectivity index (χ2v) is 15.6. The number of nitrogens with zero attached hydrogens (tertiary/aromatic N) is 3. The molecule has 0 aliphatic heterocycles. The van der Waals surface area contributed by atoms with Crippen LogP contribution in [0.2, 0.25) is 0 Å². The molecule has 0 fully saturated rings. The largest absolute Gasteiger partial charge is 0.310 e. The van der Waals surface area contributed by atoms with Crippen LogP contribution in [0.1, 0.15) is 25.0 Å². The average molecular weight is 730 g/mol. The van der Waals surface area contributed by atoms with Crippen LogP contribution in [-0.2, 0) is 5.41 Å². The van der Waals surface area contributed by atoms with Gasteiger partial charge in [0.05, 0.1) is 16.7 Å². The lowest BCUT2D eigenvalue weighted by molar-refractivity contribution is 0.660. The molecule has 1 aliphatic rings. The molecule has 0 bridgehead atoms. The molecular weight excluding hydrogens is 691 g/mol. The monoisotopic (exact) mass is 729 g/mol. The first-order valence-corrected chi connectivity index (χ1v) is 19.7. The Labute approximate surface area is 332 Å². The van der Waals surface area contributed by atoms with Crippen LogP contribution in [0.3, 0.4) is 0 Å². The molecule has 0 unspecified atom stereocenters. The molecule has 3 nitrogen and oxygen atoms in total. The third kappa shape index (κ3) is 5.23. The van der Waals surface area contributed by atoms with Crippen LogP contribution in [0, 0.1) is 0 Å². The van der Waals surface area contributed by atoms with Gasteiger partial charge in [-0.2, -0.15) is 0 Å². The van der Waals surface area contributed by atoms with E-state index in [9.17, 15) is 0 Å². The zero-order valence-corrected chi connectivity index (χ0v) is 31.9. The predicted molar refractivity (Wildman–Crippen MR) is 239 cm³/mol. The fourth-order valence-electron chi connectivity index (χ4n) is 9.32. The predicted octanol–water partition coefficient (Wildman–Crippen LogP) is 14.4. The Kier molecular flexibility index (Phi) is 7.52. The maximum atomic E-state index is 4.45. The Bertz CT molecular complexity index is 3140. The number of benzene rings is 8. The fourth-order valence-corrected chi connectivity index (χ4v) is 9.32. The topological polar surface area (TPSA) is 21.1 Å². The molecule has 57 heavy (non-hydrogen) atoms.